The van der Waals surface area contributed by atoms with Gasteiger partial charge in [0.05, 0.1) is 0 Å². The lowest BCUT2D eigenvalue weighted by atomic mass is 9.56. The first-order valence-electron chi connectivity index (χ1n) is 20.5. The van der Waals surface area contributed by atoms with Gasteiger partial charge in [-0.1, -0.05) is 74.0 Å². The summed E-state index contributed by atoms with van der Waals surface area (Å²) in [6, 6.07) is 21.0. The molecule has 0 radical (unpaired) electrons. The molecule has 4 bridgehead atoms. The third-order valence-corrected chi connectivity index (χ3v) is 14.8. The highest BCUT2D eigenvalue weighted by atomic mass is 35.5. The van der Waals surface area contributed by atoms with E-state index >= 15 is 0 Å². The largest absolute Gasteiger partial charge is 0.465 e. The molecule has 15 nitrogen and oxygen atoms in total. The quantitative estimate of drug-likeness (QED) is 0.160. The number of nitrogens with zero attached hydrogens (tertiary/aromatic N) is 3. The molecule has 4 aliphatic carbocycles. The number of fused-ring (bicyclic) bond motifs is 6. The number of anilines is 1. The van der Waals surface area contributed by atoms with Crippen molar-refractivity contribution >= 4 is 53.1 Å². The van der Waals surface area contributed by atoms with Gasteiger partial charge >= 0.3 is 12.2 Å². The maximum absolute atomic E-state index is 14.8. The van der Waals surface area contributed by atoms with Crippen LogP contribution in [0.1, 0.15) is 87.5 Å². The Hall–Kier alpha value is -5.51. The second kappa shape index (κ2) is 14.9. The van der Waals surface area contributed by atoms with E-state index in [4.69, 9.17) is 23.1 Å². The minimum absolute atomic E-state index is 0.215. The summed E-state index contributed by atoms with van der Waals surface area (Å²) in [5.41, 5.74) is 9.49. The molecule has 8 N–H and O–H groups in total. The summed E-state index contributed by atoms with van der Waals surface area (Å²) in [4.78, 5) is 86.4. The molecule has 7 aliphatic rings. The van der Waals surface area contributed by atoms with Gasteiger partial charge in [0.2, 0.25) is 11.8 Å². The lowest BCUT2D eigenvalue weighted by molar-refractivity contribution is -0.144. The number of nitrogens with one attached hydrogen (secondary N) is 2. The van der Waals surface area contributed by atoms with E-state index in [2.05, 4.69) is 25.3 Å². The molecule has 0 spiro atoms. The van der Waals surface area contributed by atoms with E-state index in [1.54, 1.807) is 0 Å². The van der Waals surface area contributed by atoms with Crippen LogP contribution in [0.3, 0.4) is 0 Å². The van der Waals surface area contributed by atoms with Gasteiger partial charge in [-0.15, -0.1) is 0 Å². The molecule has 3 aromatic rings. The molecule has 3 fully saturated rings. The number of carbonyl (C=O) groups excluding carboxylic acids is 4. The Morgan fingerprint density at radius 2 is 0.967 bits per heavy atom. The number of rotatable bonds is 11. The summed E-state index contributed by atoms with van der Waals surface area (Å²) in [5, 5.41) is 24.9. The number of benzene rings is 3. The number of hydrogen-bond acceptors (Lipinski definition) is 9. The van der Waals surface area contributed by atoms with E-state index in [-0.39, 0.29) is 37.0 Å². The summed E-state index contributed by atoms with van der Waals surface area (Å²) >= 11 is 6.47. The summed E-state index contributed by atoms with van der Waals surface area (Å²) < 4.78 is 0. The van der Waals surface area contributed by atoms with Crippen molar-refractivity contribution in [3.8, 4) is 0 Å². The van der Waals surface area contributed by atoms with E-state index in [1.807, 2.05) is 86.6 Å². The summed E-state index contributed by atoms with van der Waals surface area (Å²) in [7, 11) is 0. The van der Waals surface area contributed by atoms with E-state index < -0.39 is 57.7 Å². The fourth-order valence-corrected chi connectivity index (χ4v) is 12.7. The van der Waals surface area contributed by atoms with Crippen LogP contribution < -0.4 is 27.0 Å². The van der Waals surface area contributed by atoms with E-state index in [0.29, 0.717) is 78.9 Å². The van der Waals surface area contributed by atoms with Crippen molar-refractivity contribution in [2.45, 2.75) is 111 Å². The number of hydrogen-bond donors (Lipinski definition) is 6. The van der Waals surface area contributed by atoms with E-state index in [1.165, 1.54) is 0 Å². The molecular weight excluding hydrogens is 790 g/mol. The van der Waals surface area contributed by atoms with E-state index in [9.17, 15) is 39.0 Å². The fraction of sp³-hybridized carbons (Fsp3) is 0.455. The van der Waals surface area contributed by atoms with Crippen LogP contribution in [-0.2, 0) is 41.1 Å². The van der Waals surface area contributed by atoms with Gasteiger partial charge < -0.3 is 26.6 Å². The Morgan fingerprint density at radius 3 is 1.32 bits per heavy atom. The highest BCUT2D eigenvalue weighted by molar-refractivity contribution is 6.30. The average molecular weight is 840 g/mol. The highest BCUT2D eigenvalue weighted by Gasteiger charge is 2.67. The summed E-state index contributed by atoms with van der Waals surface area (Å²) in [6.07, 6.45) is 0.481. The highest BCUT2D eigenvalue weighted by Crippen LogP contribution is 2.58. The first-order chi connectivity index (χ1) is 28.5. The van der Waals surface area contributed by atoms with Crippen LogP contribution in [-0.4, -0.2) is 93.1 Å². The van der Waals surface area contributed by atoms with Crippen LogP contribution in [0.5, 0.6) is 0 Å². The average Bonchev–Trinajstić information content (AvgIpc) is 3.95. The summed E-state index contributed by atoms with van der Waals surface area (Å²) in [5.74, 6) is -2.78. The number of halogens is 1. The minimum Gasteiger partial charge on any atom is -0.465 e. The smallest absolute Gasteiger partial charge is 0.411 e. The van der Waals surface area contributed by atoms with Gasteiger partial charge in [-0.2, -0.15) is 0 Å². The number of imide groups is 2. The summed E-state index contributed by atoms with van der Waals surface area (Å²) in [6.45, 7) is 4.47. The molecule has 6 amide bonds. The molecule has 8 atom stereocenters. The molecule has 316 valence electrons. The number of nitrogens with two attached hydrogens (primary N) is 2. The van der Waals surface area contributed by atoms with Crippen LogP contribution in [0.2, 0.25) is 5.02 Å². The standard InChI is InChI=1S/C44H50ClN7O8/c1-41(23-35(46)53)25-7-11-27(12-8-25)43(41,37(55)48-39(57)58)50-21-3-5-31(50)33-19-20-34(52(33)30-17-15-29(45)16-18-30)32-6-4-22-51(32)44(38(56)49-40(59)60)28-13-9-26(10-14-28)42(44,2)24-36(47)54/h7-18,31-34H,3-6,19-24H2,1-2H3,(H2,46,53)(H2,47,54)(H,48,55)(H,49,56)(H,57,58)(H,59,60)/t31?,32?,33-,34-,41?,42?,43+,44+/m0/s1. The monoisotopic (exact) mass is 839 g/mol. The van der Waals surface area contributed by atoms with Gasteiger partial charge in [-0.25, -0.2) is 9.59 Å². The van der Waals surface area contributed by atoms with Gasteiger partial charge in [-0.3, -0.25) is 39.6 Å². The third kappa shape index (κ3) is 5.91. The van der Waals surface area contributed by atoms with Crippen LogP contribution in [0, 0.1) is 0 Å². The second-order valence-corrected chi connectivity index (χ2v) is 17.9. The Balaban J connectivity index is 1.27. The van der Waals surface area contributed by atoms with Crippen molar-refractivity contribution in [1.29, 1.82) is 0 Å². The number of carbonyl (C=O) groups is 6. The molecule has 60 heavy (non-hydrogen) atoms. The molecule has 0 aromatic heterocycles. The molecule has 16 heteroatoms. The fourth-order valence-electron chi connectivity index (χ4n) is 12.6. The second-order valence-electron chi connectivity index (χ2n) is 17.4. The van der Waals surface area contributed by atoms with Crippen LogP contribution in [0.25, 0.3) is 0 Å². The van der Waals surface area contributed by atoms with Crippen molar-refractivity contribution in [1.82, 2.24) is 20.4 Å². The molecule has 3 aliphatic heterocycles. The Bertz CT molecular complexity index is 2120. The van der Waals surface area contributed by atoms with Crippen LogP contribution in [0.4, 0.5) is 15.3 Å². The van der Waals surface area contributed by atoms with Crippen molar-refractivity contribution in [3.63, 3.8) is 0 Å². The van der Waals surface area contributed by atoms with Gasteiger partial charge in [0.25, 0.3) is 11.8 Å². The lowest BCUT2D eigenvalue weighted by Gasteiger charge is -2.58. The first-order valence-corrected chi connectivity index (χ1v) is 20.8. The Labute approximate surface area is 352 Å². The zero-order valence-electron chi connectivity index (χ0n) is 33.5. The minimum atomic E-state index is -1.62. The first kappa shape index (κ1) is 41.2. The van der Waals surface area contributed by atoms with Gasteiger partial charge in [0.1, 0.15) is 11.1 Å². The zero-order chi connectivity index (χ0) is 42.9. The number of primary amides is 2. The maximum atomic E-state index is 14.8. The van der Waals surface area contributed by atoms with Crippen molar-refractivity contribution < 1.29 is 39.0 Å². The molecule has 10 rings (SSSR count). The maximum Gasteiger partial charge on any atom is 0.411 e. The molecule has 3 saturated heterocycles. The van der Waals surface area contributed by atoms with E-state index in [0.717, 1.165) is 5.69 Å². The predicted molar refractivity (Wildman–Crippen MR) is 221 cm³/mol. The normalized spacial score (nSPS) is 31.9. The molecule has 0 saturated carbocycles. The predicted octanol–water partition coefficient (Wildman–Crippen LogP) is 4.28. The SMILES string of the molecule is CC1(CC(N)=O)c2ccc(cc2)[C@]1(C(=O)NC(=O)O)N1CCCC1[C@@H]1CC[C@@H](C2CCCN2[C@@]2(C(=O)NC(=O)O)c3ccc(cc3)C2(C)CC(N)=O)N1c1ccc(Cl)cc1. The molecular formula is C44H50ClN7O8. The topological polar surface area (TPSA) is 229 Å². The van der Waals surface area contributed by atoms with Gasteiger partial charge in [-0.05, 0) is 98.1 Å². The lowest BCUT2D eigenvalue weighted by Crippen LogP contribution is -2.72. The third-order valence-electron chi connectivity index (χ3n) is 14.6. The zero-order valence-corrected chi connectivity index (χ0v) is 34.3. The Morgan fingerprint density at radius 1 is 0.600 bits per heavy atom. The molecule has 3 heterocycles. The number of amides is 6. The van der Waals surface area contributed by atoms with Crippen molar-refractivity contribution in [3.05, 3.63) is 100 Å². The number of carboxylic acid groups (broad SMARTS) is 2. The van der Waals surface area contributed by atoms with Crippen LogP contribution in [0.15, 0.2) is 72.8 Å². The molecule has 4 unspecified atom stereocenters. The molecule has 3 aromatic carbocycles. The van der Waals surface area contributed by atoms with Gasteiger partial charge in [0, 0.05) is 58.5 Å². The van der Waals surface area contributed by atoms with Crippen molar-refractivity contribution in [2.24, 2.45) is 11.5 Å². The number of likely N-dealkylation sites (tertiary alicyclic amines) is 2. The van der Waals surface area contributed by atoms with Crippen molar-refractivity contribution in [2.75, 3.05) is 18.0 Å². The van der Waals surface area contributed by atoms with Crippen LogP contribution >= 0.6 is 11.6 Å². The Kier molecular flexibility index (Phi) is 10.2. The van der Waals surface area contributed by atoms with Gasteiger partial charge in [0.15, 0.2) is 0 Å².